The van der Waals surface area contributed by atoms with Crippen LogP contribution in [0.1, 0.15) is 10.4 Å². The molecule has 2 heterocycles. The average Bonchev–Trinajstić information content (AvgIpc) is 2.92. The van der Waals surface area contributed by atoms with Crippen LogP contribution in [0.3, 0.4) is 0 Å². The van der Waals surface area contributed by atoms with Gasteiger partial charge in [0.25, 0.3) is 11.5 Å². The first-order chi connectivity index (χ1) is 13.0. The quantitative estimate of drug-likeness (QED) is 0.796. The molecular weight excluding hydrogens is 401 g/mol. The number of pyridine rings is 1. The zero-order chi connectivity index (χ0) is 20.5. The van der Waals surface area contributed by atoms with Crippen LogP contribution in [0.2, 0.25) is 0 Å². The number of aromatic amines is 1. The summed E-state index contributed by atoms with van der Waals surface area (Å²) in [6.45, 7) is 0. The molecule has 1 atom stereocenters. The minimum absolute atomic E-state index is 0.224. The smallest absolute Gasteiger partial charge is 0.406 e. The second kappa shape index (κ2) is 7.15. The predicted octanol–water partition coefficient (Wildman–Crippen LogP) is 1.98. The Labute approximate surface area is 156 Å². The van der Waals surface area contributed by atoms with E-state index in [1.165, 1.54) is 30.3 Å². The van der Waals surface area contributed by atoms with Crippen molar-refractivity contribution in [1.29, 1.82) is 0 Å². The van der Waals surface area contributed by atoms with E-state index >= 15 is 0 Å². The number of hydrogen-bond acceptors (Lipinski definition) is 5. The first kappa shape index (κ1) is 19.7. The van der Waals surface area contributed by atoms with Gasteiger partial charge in [-0.15, -0.1) is 13.2 Å². The lowest BCUT2D eigenvalue weighted by Crippen LogP contribution is -2.38. The lowest BCUT2D eigenvalue weighted by molar-refractivity contribution is -0.274. The van der Waals surface area contributed by atoms with E-state index in [0.717, 1.165) is 17.5 Å². The number of amides is 1. The van der Waals surface area contributed by atoms with Gasteiger partial charge < -0.3 is 15.0 Å². The van der Waals surface area contributed by atoms with Crippen molar-refractivity contribution >= 4 is 15.7 Å². The fraction of sp³-hybridized carbons (Fsp3) is 0.176. The molecule has 1 aromatic heterocycles. The van der Waals surface area contributed by atoms with Crippen LogP contribution >= 0.6 is 0 Å². The Morgan fingerprint density at radius 1 is 1.14 bits per heavy atom. The summed E-state index contributed by atoms with van der Waals surface area (Å²) in [5.41, 5.74) is -0.263. The molecule has 0 unspecified atom stereocenters. The van der Waals surface area contributed by atoms with E-state index < -0.39 is 39.5 Å². The maximum Gasteiger partial charge on any atom is 0.573 e. The van der Waals surface area contributed by atoms with Crippen LogP contribution in [-0.4, -0.2) is 37.5 Å². The molecule has 2 N–H and O–H groups in total. The lowest BCUT2D eigenvalue weighted by atomic mass is 10.1. The number of aromatic nitrogens is 1. The van der Waals surface area contributed by atoms with Crippen LogP contribution in [0.5, 0.6) is 5.75 Å². The molecule has 1 amide bonds. The van der Waals surface area contributed by atoms with Gasteiger partial charge in [-0.1, -0.05) is 0 Å². The van der Waals surface area contributed by atoms with Gasteiger partial charge in [-0.05, 0) is 48.0 Å². The number of sulfone groups is 1. The van der Waals surface area contributed by atoms with Gasteiger partial charge in [-0.3, -0.25) is 9.59 Å². The fourth-order valence-corrected chi connectivity index (χ4v) is 3.80. The van der Waals surface area contributed by atoms with E-state index in [1.807, 2.05) is 0 Å². The summed E-state index contributed by atoms with van der Waals surface area (Å²) in [7, 11) is -3.35. The number of carbonyl (C=O) groups is 1. The Kier molecular flexibility index (Phi) is 5.02. The third kappa shape index (κ3) is 4.80. The zero-order valence-corrected chi connectivity index (χ0v) is 14.8. The molecule has 148 valence electrons. The summed E-state index contributed by atoms with van der Waals surface area (Å²) >= 11 is 0. The highest BCUT2D eigenvalue weighted by molar-refractivity contribution is 7.94. The van der Waals surface area contributed by atoms with Crippen molar-refractivity contribution in [3.8, 4) is 17.0 Å². The molecule has 1 aliphatic heterocycles. The number of rotatable bonds is 4. The van der Waals surface area contributed by atoms with Crippen molar-refractivity contribution in [2.75, 3.05) is 5.75 Å². The molecule has 0 saturated carbocycles. The highest BCUT2D eigenvalue weighted by atomic mass is 32.2. The van der Waals surface area contributed by atoms with Crippen LogP contribution in [-0.2, 0) is 9.84 Å². The van der Waals surface area contributed by atoms with E-state index in [0.29, 0.717) is 5.56 Å². The van der Waals surface area contributed by atoms with Crippen molar-refractivity contribution in [2.45, 2.75) is 12.4 Å². The fourth-order valence-electron chi connectivity index (χ4n) is 2.57. The van der Waals surface area contributed by atoms with Crippen LogP contribution in [0.25, 0.3) is 11.3 Å². The standard InChI is InChI=1S/C17H13F3N2O5S/c18-17(19,20)27-12-3-1-10(2-4-12)14-6-5-13(16(24)22-14)15(23)21-11-7-8-28(25,26)9-11/h1-8,11H,9H2,(H,21,23)(H,22,24)/t11-/m1/s1. The van der Waals surface area contributed by atoms with Gasteiger partial charge >= 0.3 is 6.36 Å². The Balaban J connectivity index is 1.74. The van der Waals surface area contributed by atoms with Crippen molar-refractivity contribution in [3.05, 3.63) is 63.8 Å². The van der Waals surface area contributed by atoms with E-state index in [-0.39, 0.29) is 17.0 Å². The zero-order valence-electron chi connectivity index (χ0n) is 14.0. The number of ether oxygens (including phenoxy) is 1. The molecule has 2 aromatic rings. The van der Waals surface area contributed by atoms with Gasteiger partial charge in [0.1, 0.15) is 11.3 Å². The van der Waals surface area contributed by atoms with Gasteiger partial charge in [-0.25, -0.2) is 8.42 Å². The third-order valence-corrected chi connectivity index (χ3v) is 5.20. The maximum atomic E-state index is 12.2. The molecular formula is C17H13F3N2O5S. The van der Waals surface area contributed by atoms with Crippen molar-refractivity contribution < 1.29 is 31.1 Å². The highest BCUT2D eigenvalue weighted by Gasteiger charge is 2.31. The minimum atomic E-state index is -4.81. The van der Waals surface area contributed by atoms with Crippen LogP contribution in [0, 0.1) is 0 Å². The highest BCUT2D eigenvalue weighted by Crippen LogP contribution is 2.25. The predicted molar refractivity (Wildman–Crippen MR) is 93.4 cm³/mol. The number of H-pyrrole nitrogens is 1. The van der Waals surface area contributed by atoms with Gasteiger partial charge in [0.15, 0.2) is 9.84 Å². The summed E-state index contributed by atoms with van der Waals surface area (Å²) in [6.07, 6.45) is -3.49. The monoisotopic (exact) mass is 414 g/mol. The molecule has 0 saturated heterocycles. The molecule has 0 fully saturated rings. The molecule has 28 heavy (non-hydrogen) atoms. The molecule has 0 spiro atoms. The summed E-state index contributed by atoms with van der Waals surface area (Å²) in [5, 5.41) is 3.43. The number of nitrogens with one attached hydrogen (secondary N) is 2. The SMILES string of the molecule is O=C(N[C@@H]1C=CS(=O)(=O)C1)c1ccc(-c2ccc(OC(F)(F)F)cc2)[nH]c1=O. The first-order valence-electron chi connectivity index (χ1n) is 7.84. The second-order valence-electron chi connectivity index (χ2n) is 5.93. The number of benzene rings is 1. The largest absolute Gasteiger partial charge is 0.573 e. The molecule has 3 rings (SSSR count). The Morgan fingerprint density at radius 3 is 2.36 bits per heavy atom. The van der Waals surface area contributed by atoms with Crippen LogP contribution < -0.4 is 15.6 Å². The summed E-state index contributed by atoms with van der Waals surface area (Å²) in [4.78, 5) is 26.8. The van der Waals surface area contributed by atoms with Crippen molar-refractivity contribution in [1.82, 2.24) is 10.3 Å². The van der Waals surface area contributed by atoms with E-state index in [9.17, 15) is 31.2 Å². The lowest BCUT2D eigenvalue weighted by Gasteiger charge is -2.11. The summed E-state index contributed by atoms with van der Waals surface area (Å²) < 4.78 is 63.0. The molecule has 7 nitrogen and oxygen atoms in total. The number of halogens is 3. The minimum Gasteiger partial charge on any atom is -0.406 e. The number of hydrogen-bond donors (Lipinski definition) is 2. The molecule has 0 radical (unpaired) electrons. The summed E-state index contributed by atoms with van der Waals surface area (Å²) in [6, 6.07) is 6.76. The third-order valence-electron chi connectivity index (χ3n) is 3.80. The maximum absolute atomic E-state index is 12.2. The second-order valence-corrected chi connectivity index (χ2v) is 7.86. The van der Waals surface area contributed by atoms with Gasteiger partial charge in [-0.2, -0.15) is 0 Å². The van der Waals surface area contributed by atoms with E-state index in [4.69, 9.17) is 0 Å². The van der Waals surface area contributed by atoms with Crippen LogP contribution in [0.4, 0.5) is 13.2 Å². The first-order valence-corrected chi connectivity index (χ1v) is 9.55. The molecule has 11 heteroatoms. The Morgan fingerprint density at radius 2 is 1.82 bits per heavy atom. The molecule has 1 aromatic carbocycles. The normalized spacial score (nSPS) is 18.0. The molecule has 1 aliphatic rings. The van der Waals surface area contributed by atoms with Crippen molar-refractivity contribution in [2.24, 2.45) is 0 Å². The Hall–Kier alpha value is -3.08. The van der Waals surface area contributed by atoms with E-state index in [2.05, 4.69) is 15.0 Å². The molecule has 0 aliphatic carbocycles. The number of carbonyl (C=O) groups excluding carboxylic acids is 1. The van der Waals surface area contributed by atoms with Crippen molar-refractivity contribution in [3.63, 3.8) is 0 Å². The van der Waals surface area contributed by atoms with Gasteiger partial charge in [0.2, 0.25) is 0 Å². The van der Waals surface area contributed by atoms with Crippen LogP contribution in [0.15, 0.2) is 52.7 Å². The summed E-state index contributed by atoms with van der Waals surface area (Å²) in [5.74, 6) is -1.43. The average molecular weight is 414 g/mol. The van der Waals surface area contributed by atoms with E-state index in [1.54, 1.807) is 0 Å². The topological polar surface area (TPSA) is 105 Å². The Bertz CT molecular complexity index is 1090. The van der Waals surface area contributed by atoms with Gasteiger partial charge in [0.05, 0.1) is 11.8 Å². The van der Waals surface area contributed by atoms with Gasteiger partial charge in [0, 0.05) is 11.1 Å². The number of alkyl halides is 3. The molecule has 0 bridgehead atoms.